The van der Waals surface area contributed by atoms with Gasteiger partial charge in [0.05, 0.1) is 0 Å². The Labute approximate surface area is 540 Å². The summed E-state index contributed by atoms with van der Waals surface area (Å²) in [5.41, 5.74) is 12.3. The lowest BCUT2D eigenvalue weighted by molar-refractivity contribution is -0.288. The number of hydrogen-bond donors (Lipinski definition) is 0. The molecule has 0 N–H and O–H groups in total. The molecule has 0 bridgehead atoms. The number of anilines is 12. The van der Waals surface area contributed by atoms with Gasteiger partial charge in [0.15, 0.2) is 0 Å². The van der Waals surface area contributed by atoms with E-state index in [-0.39, 0.29) is 0 Å². The zero-order valence-electron chi connectivity index (χ0n) is 51.8. The number of halogens is 6. The van der Waals surface area contributed by atoms with Gasteiger partial charge in [0.2, 0.25) is 5.41 Å². The quantitative estimate of drug-likeness (QED) is 0.0794. The molecule has 0 radical (unpaired) electrons. The summed E-state index contributed by atoms with van der Waals surface area (Å²) in [5, 5.41) is 0. The summed E-state index contributed by atoms with van der Waals surface area (Å²) in [7, 11) is 0. The molecule has 93 heavy (non-hydrogen) atoms. The second-order valence-corrected chi connectivity index (χ2v) is 23.1. The monoisotopic (exact) mass is 1230 g/mol. The first-order valence-electron chi connectivity index (χ1n) is 30.6. The van der Waals surface area contributed by atoms with Crippen molar-refractivity contribution in [3.63, 3.8) is 0 Å². The molecule has 0 aliphatic carbocycles. The van der Waals surface area contributed by atoms with Crippen molar-refractivity contribution >= 4 is 80.4 Å². The molecule has 10 heteroatoms. The highest BCUT2D eigenvalue weighted by molar-refractivity contribution is 5.86. The summed E-state index contributed by atoms with van der Waals surface area (Å²) in [6, 6.07) is 89.0. The third-order valence-electron chi connectivity index (χ3n) is 17.3. The van der Waals surface area contributed by atoms with Gasteiger partial charge in [-0.05, 0) is 240 Å². The number of hydrogen-bond acceptors (Lipinski definition) is 4. The minimum absolute atomic E-state index is 0.345. The standard InChI is InChI=1S/C83H66F6N4/c1-7-61-29-37-69(38-30-61)92(75-47-51-79(59(5)55-75)77-49-45-73(53-57(77)3)90(65-21-13-9-14-22-65)66-23-15-10-16-24-66)71-41-33-63(34-42-71)81(82(84,85)86,83(87,88)89)64-35-43-72(44-36-64)93(70-39-31-62(8-2)32-40-70)76-48-52-80(60(6)56-76)78-50-46-74(54-58(78)4)91(67-25-17-11-18-26-67)68-27-19-12-20-28-68/h7-56H,1-2H2,3-6H3. The van der Waals surface area contributed by atoms with Crippen LogP contribution >= 0.6 is 0 Å². The number of rotatable bonds is 18. The second kappa shape index (κ2) is 26.0. The molecule has 4 nitrogen and oxygen atoms in total. The van der Waals surface area contributed by atoms with Crippen molar-refractivity contribution in [1.29, 1.82) is 0 Å². The van der Waals surface area contributed by atoms with Crippen molar-refractivity contribution in [2.24, 2.45) is 0 Å². The smallest absolute Gasteiger partial charge is 0.310 e. The van der Waals surface area contributed by atoms with Crippen LogP contribution in [0, 0.1) is 27.7 Å². The Morgan fingerprint density at radius 1 is 0.247 bits per heavy atom. The maximum Gasteiger partial charge on any atom is 0.411 e. The van der Waals surface area contributed by atoms with Crippen LogP contribution in [0.4, 0.5) is 94.6 Å². The van der Waals surface area contributed by atoms with Gasteiger partial charge in [0.25, 0.3) is 0 Å². The van der Waals surface area contributed by atoms with Crippen LogP contribution < -0.4 is 19.6 Å². The molecule has 12 aromatic rings. The summed E-state index contributed by atoms with van der Waals surface area (Å²) in [5.74, 6) is 0. The Hall–Kier alpha value is -11.1. The molecule has 0 unspecified atom stereocenters. The first-order chi connectivity index (χ1) is 44.9. The van der Waals surface area contributed by atoms with Gasteiger partial charge in [-0.2, -0.15) is 26.3 Å². The van der Waals surface area contributed by atoms with Crippen LogP contribution in [0.25, 0.3) is 34.4 Å². The highest BCUT2D eigenvalue weighted by atomic mass is 19.4. The lowest BCUT2D eigenvalue weighted by Gasteiger charge is -2.39. The Balaban J connectivity index is 0.882. The van der Waals surface area contributed by atoms with Gasteiger partial charge < -0.3 is 19.6 Å². The zero-order valence-corrected chi connectivity index (χ0v) is 51.8. The second-order valence-electron chi connectivity index (χ2n) is 23.1. The van der Waals surface area contributed by atoms with Crippen molar-refractivity contribution in [3.8, 4) is 22.3 Å². The molecule has 0 aliphatic rings. The van der Waals surface area contributed by atoms with Crippen LogP contribution in [0.15, 0.2) is 304 Å². The van der Waals surface area contributed by atoms with E-state index in [0.717, 1.165) is 114 Å². The lowest BCUT2D eigenvalue weighted by atomic mass is 9.72. The van der Waals surface area contributed by atoms with Gasteiger partial charge in [-0.25, -0.2) is 0 Å². The third kappa shape index (κ3) is 12.2. The Bertz CT molecular complexity index is 4210. The Kier molecular flexibility index (Phi) is 17.4. The molecule has 12 rings (SSSR count). The average molecular weight is 1230 g/mol. The van der Waals surface area contributed by atoms with Crippen LogP contribution in [0.1, 0.15) is 44.5 Å². The highest BCUT2D eigenvalue weighted by Crippen LogP contribution is 2.57. The largest absolute Gasteiger partial charge is 0.411 e. The van der Waals surface area contributed by atoms with E-state index >= 15 is 26.3 Å². The maximum atomic E-state index is 16.1. The van der Waals surface area contributed by atoms with E-state index in [1.807, 2.05) is 181 Å². The highest BCUT2D eigenvalue weighted by Gasteiger charge is 2.72. The van der Waals surface area contributed by atoms with E-state index in [1.54, 1.807) is 12.2 Å². The minimum Gasteiger partial charge on any atom is -0.310 e. The predicted octanol–water partition coefficient (Wildman–Crippen LogP) is 24.8. The van der Waals surface area contributed by atoms with Gasteiger partial charge in [-0.3, -0.25) is 0 Å². The zero-order chi connectivity index (χ0) is 65.0. The predicted molar refractivity (Wildman–Crippen MR) is 375 cm³/mol. The van der Waals surface area contributed by atoms with Crippen LogP contribution in [0.3, 0.4) is 0 Å². The fourth-order valence-electron chi connectivity index (χ4n) is 12.7. The molecule has 0 saturated carbocycles. The van der Waals surface area contributed by atoms with Crippen LogP contribution in [-0.2, 0) is 5.41 Å². The molecule has 0 aromatic heterocycles. The van der Waals surface area contributed by atoms with E-state index in [9.17, 15) is 0 Å². The first-order valence-corrected chi connectivity index (χ1v) is 30.6. The molecule has 12 aromatic carbocycles. The minimum atomic E-state index is -5.84. The molecule has 0 heterocycles. The van der Waals surface area contributed by atoms with Gasteiger partial charge in [0.1, 0.15) is 0 Å². The summed E-state index contributed by atoms with van der Waals surface area (Å²) in [4.78, 5) is 8.05. The Morgan fingerprint density at radius 3 is 0.634 bits per heavy atom. The van der Waals surface area contributed by atoms with Crippen LogP contribution in [0.5, 0.6) is 0 Å². The lowest BCUT2D eigenvalue weighted by Crippen LogP contribution is -2.54. The van der Waals surface area contributed by atoms with E-state index in [2.05, 4.69) is 122 Å². The Morgan fingerprint density at radius 2 is 0.441 bits per heavy atom. The number of nitrogens with zero attached hydrogens (tertiary/aromatic N) is 4. The summed E-state index contributed by atoms with van der Waals surface area (Å²) < 4.78 is 96.8. The molecule has 0 saturated heterocycles. The summed E-state index contributed by atoms with van der Waals surface area (Å²) in [6.45, 7) is 15.9. The van der Waals surface area contributed by atoms with Crippen LogP contribution in [-0.4, -0.2) is 12.4 Å². The summed E-state index contributed by atoms with van der Waals surface area (Å²) in [6.07, 6.45) is -8.30. The molecule has 0 spiro atoms. The number of benzene rings is 12. The molecule has 0 atom stereocenters. The van der Waals surface area contributed by atoms with Gasteiger partial charge in [-0.15, -0.1) is 0 Å². The molecular formula is C83H66F6N4. The maximum absolute atomic E-state index is 16.1. The number of alkyl halides is 6. The van der Waals surface area contributed by atoms with Gasteiger partial charge in [-0.1, -0.05) is 171 Å². The SMILES string of the molecule is C=Cc1ccc(N(c2ccc(C(c3ccc(N(c4ccc(C=C)cc4)c4ccc(-c5ccc(N(c6ccccc6)c6ccccc6)cc5C)c(C)c4)cc3)(C(F)(F)F)C(F)(F)F)cc2)c2ccc(-c3ccc(N(c4ccccc4)c4ccccc4)cc3C)c(C)c2)cc1. The van der Waals surface area contributed by atoms with Crippen molar-refractivity contribution in [3.05, 3.63) is 349 Å². The normalized spacial score (nSPS) is 11.6. The number of para-hydroxylation sites is 4. The average Bonchev–Trinajstić information content (AvgIpc) is 0.718. The van der Waals surface area contributed by atoms with E-state index in [1.165, 1.54) is 24.3 Å². The van der Waals surface area contributed by atoms with E-state index in [0.29, 0.717) is 34.1 Å². The van der Waals surface area contributed by atoms with Crippen molar-refractivity contribution in [2.75, 3.05) is 19.6 Å². The first kappa shape index (κ1) is 62.1. The van der Waals surface area contributed by atoms with Crippen molar-refractivity contribution in [1.82, 2.24) is 0 Å². The fourth-order valence-corrected chi connectivity index (χ4v) is 12.7. The van der Waals surface area contributed by atoms with Gasteiger partial charge >= 0.3 is 12.4 Å². The third-order valence-corrected chi connectivity index (χ3v) is 17.3. The van der Waals surface area contributed by atoms with Crippen LogP contribution in [0.2, 0.25) is 0 Å². The molecule has 460 valence electrons. The van der Waals surface area contributed by atoms with Crippen molar-refractivity contribution in [2.45, 2.75) is 45.5 Å². The molecular weight excluding hydrogens is 1170 g/mol. The van der Waals surface area contributed by atoms with Gasteiger partial charge in [0, 0.05) is 68.2 Å². The topological polar surface area (TPSA) is 13.0 Å². The van der Waals surface area contributed by atoms with Crippen molar-refractivity contribution < 1.29 is 26.3 Å². The van der Waals surface area contributed by atoms with E-state index < -0.39 is 28.9 Å². The fraction of sp³-hybridized carbons (Fsp3) is 0.0843. The molecule has 0 aliphatic heterocycles. The molecule has 0 amide bonds. The van der Waals surface area contributed by atoms with E-state index in [4.69, 9.17) is 0 Å². The number of aryl methyl sites for hydroxylation is 4. The summed E-state index contributed by atoms with van der Waals surface area (Å²) >= 11 is 0. The molecule has 0 fully saturated rings.